The fourth-order valence-corrected chi connectivity index (χ4v) is 8.07. The third-order valence-electron chi connectivity index (χ3n) is 11.9. The van der Waals surface area contributed by atoms with Crippen molar-refractivity contribution in [3.8, 4) is 11.1 Å². The number of amides is 5. The first-order valence-electron chi connectivity index (χ1n) is 25.0. The summed E-state index contributed by atoms with van der Waals surface area (Å²) in [5.74, 6) is -9.65. The van der Waals surface area contributed by atoms with Crippen LogP contribution in [0.25, 0.3) is 11.1 Å². The van der Waals surface area contributed by atoms with E-state index in [1.165, 1.54) is 4.90 Å². The van der Waals surface area contributed by atoms with Crippen molar-refractivity contribution in [1.29, 1.82) is 0 Å². The minimum Gasteiger partial charge on any atom is -0.475 e. The minimum absolute atomic E-state index is 0.00438. The van der Waals surface area contributed by atoms with Crippen molar-refractivity contribution < 1.29 is 80.0 Å². The number of carboxylic acids is 1. The molecule has 1 heterocycles. The van der Waals surface area contributed by atoms with E-state index in [4.69, 9.17) is 30.8 Å². The number of aromatic nitrogens is 1. The molecule has 5 rings (SSSR count). The van der Waals surface area contributed by atoms with E-state index < -0.39 is 108 Å². The number of nitrogens with zero attached hydrogens (tertiary/aromatic N) is 2. The van der Waals surface area contributed by atoms with Gasteiger partial charge < -0.3 is 56.6 Å². The Kier molecular flexibility index (Phi) is 24.5. The third kappa shape index (κ3) is 21.0. The van der Waals surface area contributed by atoms with E-state index in [1.807, 2.05) is 57.2 Å². The van der Waals surface area contributed by atoms with Gasteiger partial charge in [0.05, 0.1) is 18.5 Å². The molecule has 0 spiro atoms. The molecule has 9 N–H and O–H groups in total. The summed E-state index contributed by atoms with van der Waals surface area (Å²) in [6.45, 7) is 4.07. The quantitative estimate of drug-likeness (QED) is 0.0272. The van der Waals surface area contributed by atoms with E-state index in [0.717, 1.165) is 29.3 Å². The van der Waals surface area contributed by atoms with Crippen molar-refractivity contribution in [2.45, 2.75) is 103 Å². The molecule has 430 valence electrons. The zero-order valence-electron chi connectivity index (χ0n) is 44.1. The summed E-state index contributed by atoms with van der Waals surface area (Å²) in [7, 11) is 0. The lowest BCUT2D eigenvalue weighted by Gasteiger charge is -2.41. The number of primary amides is 1. The predicted octanol–water partition coefficient (Wildman–Crippen LogP) is 5.36. The van der Waals surface area contributed by atoms with Gasteiger partial charge in [0, 0.05) is 55.5 Å². The summed E-state index contributed by atoms with van der Waals surface area (Å²) in [5.41, 5.74) is 13.5. The van der Waals surface area contributed by atoms with E-state index in [0.29, 0.717) is 16.8 Å². The second-order valence-corrected chi connectivity index (χ2v) is 19.3. The molecule has 0 aliphatic heterocycles. The van der Waals surface area contributed by atoms with Gasteiger partial charge in [-0.25, -0.2) is 18.4 Å². The zero-order chi connectivity index (χ0) is 59.2. The molecule has 5 amide bonds. The monoisotopic (exact) mass is 1120 g/mol. The highest BCUT2D eigenvalue weighted by Crippen LogP contribution is 2.41. The van der Waals surface area contributed by atoms with Crippen molar-refractivity contribution in [2.24, 2.45) is 16.9 Å². The Labute approximate surface area is 457 Å². The van der Waals surface area contributed by atoms with Crippen molar-refractivity contribution >= 4 is 47.4 Å². The minimum atomic E-state index is -5.08. The lowest BCUT2D eigenvalue weighted by Crippen LogP contribution is -2.54. The van der Waals surface area contributed by atoms with Gasteiger partial charge in [0.25, 0.3) is 0 Å². The maximum absolute atomic E-state index is 15.3. The Hall–Kier alpha value is -8.51. The Bertz CT molecular complexity index is 2890. The van der Waals surface area contributed by atoms with Gasteiger partial charge in [-0.05, 0) is 59.2 Å². The van der Waals surface area contributed by atoms with Gasteiger partial charge in [-0.15, -0.1) is 0 Å². The van der Waals surface area contributed by atoms with Gasteiger partial charge in [-0.3, -0.25) is 28.8 Å². The van der Waals surface area contributed by atoms with E-state index in [-0.39, 0.29) is 64.1 Å². The standard InChI is InChI=1S/C54H63F2N7O10.C2HF3O2/c1-54(2,3)50(45-27-38(40-28-39(55)19-20-41(40)56)31-62(45)30-35-13-7-4-8-14-35)63(48(67)32-64)26-24-43(61-51(69)42(57)29-46(58)65)52(70)59-25-23-47(66)60-44(53(71)73-34-37-17-11-6-12-18-37)21-22-49(68)72-33-36-15-9-5-10-16-36;3-2(4,5)1(6)7/h4-20,27-28,31,42-44,50,64H,21-26,29-30,32-34,57H2,1-3H3,(H2,58,65)(H,59,70)(H,60,66)(H,61,69);(H,6,7)/t42-,43-,44+,50-;/m0./s1. The highest BCUT2D eigenvalue weighted by molar-refractivity contribution is 5.92. The molecule has 80 heavy (non-hydrogen) atoms. The molecule has 0 radical (unpaired) electrons. The van der Waals surface area contributed by atoms with E-state index in [1.54, 1.807) is 71.4 Å². The van der Waals surface area contributed by atoms with Crippen LogP contribution in [0.15, 0.2) is 121 Å². The maximum Gasteiger partial charge on any atom is 0.490 e. The number of hydrogen-bond acceptors (Lipinski definition) is 12. The molecule has 4 atom stereocenters. The summed E-state index contributed by atoms with van der Waals surface area (Å²) in [6.07, 6.45) is -5.10. The Morgan fingerprint density at radius 2 is 1.29 bits per heavy atom. The lowest BCUT2D eigenvalue weighted by molar-refractivity contribution is -0.192. The molecule has 0 saturated carbocycles. The molecule has 0 fully saturated rings. The van der Waals surface area contributed by atoms with Gasteiger partial charge in [0.2, 0.25) is 29.5 Å². The smallest absolute Gasteiger partial charge is 0.475 e. The number of hydrogen-bond donors (Lipinski definition) is 7. The first-order chi connectivity index (χ1) is 37.8. The average Bonchev–Trinajstić information content (AvgIpc) is 3.84. The van der Waals surface area contributed by atoms with Crippen molar-refractivity contribution in [3.63, 3.8) is 0 Å². The molecule has 0 bridgehead atoms. The number of carbonyl (C=O) groups is 8. The van der Waals surface area contributed by atoms with Crippen LogP contribution in [0.1, 0.15) is 81.3 Å². The largest absolute Gasteiger partial charge is 0.490 e. The van der Waals surface area contributed by atoms with Crippen LogP contribution in [-0.2, 0) is 67.6 Å². The van der Waals surface area contributed by atoms with Gasteiger partial charge in [0.1, 0.15) is 43.5 Å². The topological polar surface area (TPSA) is 292 Å². The zero-order valence-corrected chi connectivity index (χ0v) is 44.1. The summed E-state index contributed by atoms with van der Waals surface area (Å²) >= 11 is 0. The van der Waals surface area contributed by atoms with Crippen LogP contribution >= 0.6 is 0 Å². The van der Waals surface area contributed by atoms with E-state index in [9.17, 15) is 56.2 Å². The molecule has 0 unspecified atom stereocenters. The molecule has 19 nitrogen and oxygen atoms in total. The second kappa shape index (κ2) is 30.6. The van der Waals surface area contributed by atoms with Crippen molar-refractivity contribution in [3.05, 3.63) is 155 Å². The van der Waals surface area contributed by atoms with Gasteiger partial charge in [0.15, 0.2) is 0 Å². The van der Waals surface area contributed by atoms with Crippen LogP contribution in [0.2, 0.25) is 0 Å². The number of benzene rings is 4. The SMILES string of the molecule is CC(C)(C)[C@H](c1cc(-c2cc(F)ccc2F)cn1Cc1ccccc1)N(CC[C@H](NC(=O)[C@@H](N)CC(N)=O)C(=O)NCCC(=O)N[C@H](CCC(=O)OCc1ccccc1)C(=O)OCc1ccccc1)C(=O)CO.O=C(O)C(F)(F)F. The Balaban J connectivity index is 0.00000184. The highest BCUT2D eigenvalue weighted by atomic mass is 19.4. The lowest BCUT2D eigenvalue weighted by atomic mass is 9.82. The van der Waals surface area contributed by atoms with Crippen LogP contribution in [-0.4, -0.2) is 111 Å². The summed E-state index contributed by atoms with van der Waals surface area (Å²) in [5, 5.41) is 25.2. The number of nitrogens with two attached hydrogens (primary N) is 2. The third-order valence-corrected chi connectivity index (χ3v) is 11.9. The molecule has 24 heteroatoms. The molecule has 0 saturated heterocycles. The summed E-state index contributed by atoms with van der Waals surface area (Å²) in [4.78, 5) is 103. The van der Waals surface area contributed by atoms with Crippen LogP contribution in [0.3, 0.4) is 0 Å². The van der Waals surface area contributed by atoms with Crippen LogP contribution in [0.5, 0.6) is 0 Å². The maximum atomic E-state index is 15.3. The van der Waals surface area contributed by atoms with Crippen LogP contribution in [0, 0.1) is 17.0 Å². The molecule has 0 aliphatic carbocycles. The fourth-order valence-electron chi connectivity index (χ4n) is 8.07. The normalized spacial score (nSPS) is 12.7. The fraction of sp³-hybridized carbons (Fsp3) is 0.357. The number of esters is 2. The number of aliphatic hydroxyl groups excluding tert-OH is 1. The van der Waals surface area contributed by atoms with Crippen molar-refractivity contribution in [1.82, 2.24) is 25.4 Å². The van der Waals surface area contributed by atoms with E-state index in [2.05, 4.69) is 16.0 Å². The number of aliphatic hydroxyl groups is 1. The second-order valence-electron chi connectivity index (χ2n) is 19.3. The van der Waals surface area contributed by atoms with E-state index >= 15 is 4.39 Å². The predicted molar refractivity (Wildman–Crippen MR) is 280 cm³/mol. The molecule has 0 aliphatic rings. The summed E-state index contributed by atoms with van der Waals surface area (Å²) < 4.78 is 74.2. The average molecular weight is 1120 g/mol. The highest BCUT2D eigenvalue weighted by Gasteiger charge is 2.39. The molecular weight excluding hydrogens is 1060 g/mol. The number of nitrogens with one attached hydrogen (secondary N) is 3. The first kappa shape index (κ1) is 64.0. The number of alkyl halides is 3. The Morgan fingerprint density at radius 3 is 1.82 bits per heavy atom. The van der Waals surface area contributed by atoms with Gasteiger partial charge >= 0.3 is 24.1 Å². The van der Waals surface area contributed by atoms with Gasteiger partial charge in [-0.2, -0.15) is 13.2 Å². The van der Waals surface area contributed by atoms with Crippen molar-refractivity contribution in [2.75, 3.05) is 19.7 Å². The number of halogens is 5. The molecule has 4 aromatic carbocycles. The number of rotatable bonds is 26. The number of carbonyl (C=O) groups excluding carboxylic acids is 7. The molecular formula is C56H64F5N7O12. The van der Waals surface area contributed by atoms with Crippen LogP contribution < -0.4 is 27.4 Å². The number of aliphatic carboxylic acids is 1. The first-order valence-corrected chi connectivity index (χ1v) is 25.0. The van der Waals surface area contributed by atoms with Gasteiger partial charge in [-0.1, -0.05) is 112 Å². The Morgan fingerprint density at radius 1 is 0.725 bits per heavy atom. The van der Waals surface area contributed by atoms with Crippen LogP contribution in [0.4, 0.5) is 22.0 Å². The molecule has 5 aromatic rings. The number of ether oxygens (including phenoxy) is 2. The summed E-state index contributed by atoms with van der Waals surface area (Å²) in [6, 6.07) is 26.7. The number of carboxylic acid groups (broad SMARTS) is 1. The molecule has 1 aromatic heterocycles.